The number of benzene rings is 1. The van der Waals surface area contributed by atoms with Gasteiger partial charge in [0.15, 0.2) is 5.96 Å². The Labute approximate surface area is 171 Å². The number of piperazine rings is 1. The number of likely N-dealkylation sites (tertiary alicyclic amines) is 1. The Balaban J connectivity index is 1.64. The largest absolute Gasteiger partial charge is 0.357 e. The van der Waals surface area contributed by atoms with Crippen LogP contribution in [-0.2, 0) is 0 Å². The summed E-state index contributed by atoms with van der Waals surface area (Å²) in [6, 6.07) is 11.5. The second-order valence-electron chi connectivity index (χ2n) is 8.69. The van der Waals surface area contributed by atoms with Gasteiger partial charge in [0.2, 0.25) is 0 Å². The molecule has 0 aliphatic carbocycles. The second kappa shape index (κ2) is 10.3. The summed E-state index contributed by atoms with van der Waals surface area (Å²) in [4.78, 5) is 12.6. The summed E-state index contributed by atoms with van der Waals surface area (Å²) >= 11 is 0. The Bertz CT molecular complexity index is 607. The van der Waals surface area contributed by atoms with E-state index in [1.165, 1.54) is 12.0 Å². The van der Waals surface area contributed by atoms with E-state index in [4.69, 9.17) is 4.99 Å². The number of guanidine groups is 1. The number of likely N-dealkylation sites (N-methyl/N-ethyl adjacent to an activating group) is 1. The van der Waals surface area contributed by atoms with E-state index in [0.29, 0.717) is 17.9 Å². The summed E-state index contributed by atoms with van der Waals surface area (Å²) in [6.07, 6.45) is 1.21. The number of nitrogens with zero attached hydrogens (tertiary/aromatic N) is 4. The fourth-order valence-electron chi connectivity index (χ4n) is 4.46. The molecule has 156 valence electrons. The molecule has 2 saturated heterocycles. The number of hydrogen-bond donors (Lipinski definition) is 1. The van der Waals surface area contributed by atoms with E-state index in [0.717, 1.165) is 58.3 Å². The smallest absolute Gasteiger partial charge is 0.193 e. The number of hydrogen-bond acceptors (Lipinski definition) is 3. The van der Waals surface area contributed by atoms with Crippen LogP contribution in [-0.4, -0.2) is 86.1 Å². The highest BCUT2D eigenvalue weighted by Gasteiger charge is 2.28. The molecule has 5 nitrogen and oxygen atoms in total. The van der Waals surface area contributed by atoms with Gasteiger partial charge < -0.3 is 15.1 Å². The Hall–Kier alpha value is -1.59. The highest BCUT2D eigenvalue weighted by Crippen LogP contribution is 2.27. The van der Waals surface area contributed by atoms with Crippen LogP contribution in [0.5, 0.6) is 0 Å². The van der Waals surface area contributed by atoms with Crippen molar-refractivity contribution in [2.24, 2.45) is 10.9 Å². The monoisotopic (exact) mass is 385 g/mol. The molecule has 0 amide bonds. The van der Waals surface area contributed by atoms with E-state index >= 15 is 0 Å². The van der Waals surface area contributed by atoms with Crippen LogP contribution in [0, 0.1) is 5.92 Å². The third-order valence-corrected chi connectivity index (χ3v) is 6.30. The van der Waals surface area contributed by atoms with Crippen LogP contribution in [0.25, 0.3) is 0 Å². The van der Waals surface area contributed by atoms with E-state index in [-0.39, 0.29) is 0 Å². The first kappa shape index (κ1) is 21.1. The Morgan fingerprint density at radius 2 is 1.82 bits per heavy atom. The fraction of sp³-hybridized carbons (Fsp3) is 0.696. The predicted molar refractivity (Wildman–Crippen MR) is 119 cm³/mol. The third-order valence-electron chi connectivity index (χ3n) is 6.30. The SMILES string of the molecule is CCNC(=NCC(C(C)C)N1CCN(C)CC1)N1CCC(c2ccccc2)C1. The summed E-state index contributed by atoms with van der Waals surface area (Å²) in [5.74, 6) is 2.33. The summed E-state index contributed by atoms with van der Waals surface area (Å²) in [6.45, 7) is 15.5. The van der Waals surface area contributed by atoms with Crippen LogP contribution in [0.2, 0.25) is 0 Å². The van der Waals surface area contributed by atoms with Gasteiger partial charge in [0.1, 0.15) is 0 Å². The minimum Gasteiger partial charge on any atom is -0.357 e. The summed E-state index contributed by atoms with van der Waals surface area (Å²) < 4.78 is 0. The lowest BCUT2D eigenvalue weighted by Crippen LogP contribution is -2.52. The Kier molecular flexibility index (Phi) is 7.74. The molecule has 1 aromatic rings. The van der Waals surface area contributed by atoms with Gasteiger partial charge >= 0.3 is 0 Å². The number of nitrogens with one attached hydrogen (secondary N) is 1. The number of aliphatic imine (C=N–C) groups is 1. The van der Waals surface area contributed by atoms with E-state index < -0.39 is 0 Å². The van der Waals surface area contributed by atoms with Gasteiger partial charge in [-0.3, -0.25) is 9.89 Å². The van der Waals surface area contributed by atoms with Gasteiger partial charge in [-0.05, 0) is 31.9 Å². The maximum atomic E-state index is 5.12. The Morgan fingerprint density at radius 1 is 1.11 bits per heavy atom. The lowest BCUT2D eigenvalue weighted by molar-refractivity contribution is 0.0924. The van der Waals surface area contributed by atoms with E-state index in [1.807, 2.05) is 0 Å². The molecule has 28 heavy (non-hydrogen) atoms. The first-order chi connectivity index (χ1) is 13.6. The zero-order valence-electron chi connectivity index (χ0n) is 18.3. The zero-order valence-corrected chi connectivity index (χ0v) is 18.3. The molecule has 2 atom stereocenters. The van der Waals surface area contributed by atoms with Crippen molar-refractivity contribution in [1.82, 2.24) is 20.0 Å². The molecule has 2 fully saturated rings. The van der Waals surface area contributed by atoms with Crippen molar-refractivity contribution in [1.29, 1.82) is 0 Å². The molecule has 2 unspecified atom stereocenters. The van der Waals surface area contributed by atoms with Crippen molar-refractivity contribution in [2.75, 3.05) is 59.4 Å². The molecule has 0 aromatic heterocycles. The highest BCUT2D eigenvalue weighted by atomic mass is 15.3. The maximum absolute atomic E-state index is 5.12. The Morgan fingerprint density at radius 3 is 2.46 bits per heavy atom. The van der Waals surface area contributed by atoms with E-state index in [1.54, 1.807) is 0 Å². The molecule has 3 rings (SSSR count). The molecule has 0 radical (unpaired) electrons. The van der Waals surface area contributed by atoms with E-state index in [9.17, 15) is 0 Å². The third kappa shape index (κ3) is 5.48. The quantitative estimate of drug-likeness (QED) is 0.603. The molecule has 1 aromatic carbocycles. The van der Waals surface area contributed by atoms with Crippen LogP contribution in [0.15, 0.2) is 35.3 Å². The molecule has 5 heteroatoms. The molecule has 1 N–H and O–H groups in total. The lowest BCUT2D eigenvalue weighted by Gasteiger charge is -2.39. The van der Waals surface area contributed by atoms with Gasteiger partial charge in [0.25, 0.3) is 0 Å². The van der Waals surface area contributed by atoms with Crippen LogP contribution in [0.4, 0.5) is 0 Å². The van der Waals surface area contributed by atoms with Crippen molar-refractivity contribution in [3.05, 3.63) is 35.9 Å². The topological polar surface area (TPSA) is 34.1 Å². The fourth-order valence-corrected chi connectivity index (χ4v) is 4.46. The number of rotatable bonds is 6. The molecular weight excluding hydrogens is 346 g/mol. The van der Waals surface area contributed by atoms with Crippen LogP contribution >= 0.6 is 0 Å². The molecule has 0 bridgehead atoms. The summed E-state index contributed by atoms with van der Waals surface area (Å²) in [7, 11) is 2.22. The van der Waals surface area contributed by atoms with Gasteiger partial charge in [0, 0.05) is 57.8 Å². The normalized spacial score (nSPS) is 23.4. The molecule has 0 spiro atoms. The van der Waals surface area contributed by atoms with Gasteiger partial charge in [-0.25, -0.2) is 0 Å². The van der Waals surface area contributed by atoms with Crippen molar-refractivity contribution in [2.45, 2.75) is 39.2 Å². The molecular formula is C23H39N5. The lowest BCUT2D eigenvalue weighted by atomic mass is 9.99. The summed E-state index contributed by atoms with van der Waals surface area (Å²) in [5.41, 5.74) is 1.46. The molecule has 0 saturated carbocycles. The standard InChI is InChI=1S/C23H39N5/c1-5-24-23(28-12-11-21(18-28)20-9-7-6-8-10-20)25-17-22(19(2)3)27-15-13-26(4)14-16-27/h6-10,19,21-22H,5,11-18H2,1-4H3,(H,24,25). The van der Waals surface area contributed by atoms with Crippen LogP contribution in [0.3, 0.4) is 0 Å². The first-order valence-electron chi connectivity index (χ1n) is 11.1. The van der Waals surface area contributed by atoms with Gasteiger partial charge in [0.05, 0.1) is 6.54 Å². The van der Waals surface area contributed by atoms with Crippen molar-refractivity contribution < 1.29 is 0 Å². The zero-order chi connectivity index (χ0) is 19.9. The average molecular weight is 386 g/mol. The van der Waals surface area contributed by atoms with Crippen molar-refractivity contribution >= 4 is 5.96 Å². The first-order valence-corrected chi connectivity index (χ1v) is 11.1. The second-order valence-corrected chi connectivity index (χ2v) is 8.69. The molecule has 2 aliphatic heterocycles. The van der Waals surface area contributed by atoms with Gasteiger partial charge in [-0.1, -0.05) is 44.2 Å². The van der Waals surface area contributed by atoms with E-state index in [2.05, 4.69) is 78.2 Å². The average Bonchev–Trinajstić information content (AvgIpc) is 3.19. The van der Waals surface area contributed by atoms with Crippen LogP contribution in [0.1, 0.15) is 38.7 Å². The predicted octanol–water partition coefficient (Wildman–Crippen LogP) is 2.71. The van der Waals surface area contributed by atoms with Crippen molar-refractivity contribution in [3.63, 3.8) is 0 Å². The van der Waals surface area contributed by atoms with Crippen LogP contribution < -0.4 is 5.32 Å². The molecule has 2 heterocycles. The van der Waals surface area contributed by atoms with Gasteiger partial charge in [-0.15, -0.1) is 0 Å². The van der Waals surface area contributed by atoms with Gasteiger partial charge in [-0.2, -0.15) is 0 Å². The van der Waals surface area contributed by atoms with Crippen molar-refractivity contribution in [3.8, 4) is 0 Å². The minimum atomic E-state index is 0.523. The summed E-state index contributed by atoms with van der Waals surface area (Å²) in [5, 5.41) is 3.55. The maximum Gasteiger partial charge on any atom is 0.193 e. The minimum absolute atomic E-state index is 0.523. The molecule has 2 aliphatic rings. The highest BCUT2D eigenvalue weighted by molar-refractivity contribution is 5.80.